The molecule has 0 spiro atoms. The fourth-order valence-electron chi connectivity index (χ4n) is 3.48. The van der Waals surface area contributed by atoms with Gasteiger partial charge in [-0.2, -0.15) is 0 Å². The van der Waals surface area contributed by atoms with Gasteiger partial charge in [0, 0.05) is 51.5 Å². The fraction of sp³-hybridized carbons (Fsp3) is 0.190. The molecule has 134 valence electrons. The first kappa shape index (κ1) is 17.0. The number of benzene rings is 1. The quantitative estimate of drug-likeness (QED) is 0.449. The van der Waals surface area contributed by atoms with Crippen molar-refractivity contribution in [1.29, 1.82) is 0 Å². The Hall–Kier alpha value is -2.15. The van der Waals surface area contributed by atoms with Gasteiger partial charge in [0.05, 0.1) is 5.69 Å². The van der Waals surface area contributed by atoms with Gasteiger partial charge in [-0.05, 0) is 46.1 Å². The molecule has 4 heterocycles. The number of rotatable bonds is 3. The molecule has 0 fully saturated rings. The lowest BCUT2D eigenvalue weighted by molar-refractivity contribution is 0.243. The lowest BCUT2D eigenvalue weighted by Gasteiger charge is -2.27. The van der Waals surface area contributed by atoms with Crippen molar-refractivity contribution in [3.8, 4) is 11.5 Å². The van der Waals surface area contributed by atoms with Crippen LogP contribution in [-0.4, -0.2) is 26.4 Å². The summed E-state index contributed by atoms with van der Waals surface area (Å²) in [6, 6.07) is 14.4. The number of fused-ring (bicyclic) bond motifs is 2. The van der Waals surface area contributed by atoms with E-state index in [0.29, 0.717) is 5.82 Å². The normalized spacial score (nSPS) is 14.4. The Morgan fingerprint density at radius 3 is 2.81 bits per heavy atom. The van der Waals surface area contributed by atoms with Crippen LogP contribution in [0.2, 0.25) is 0 Å². The van der Waals surface area contributed by atoms with Crippen molar-refractivity contribution in [3.63, 3.8) is 0 Å². The lowest BCUT2D eigenvalue weighted by Crippen LogP contribution is -2.30. The summed E-state index contributed by atoms with van der Waals surface area (Å²) in [6.07, 6.45) is 4.74. The zero-order valence-corrected chi connectivity index (χ0v) is 17.0. The molecule has 1 aromatic carbocycles. The first-order chi connectivity index (χ1) is 13.3. The van der Waals surface area contributed by atoms with Gasteiger partial charge >= 0.3 is 0 Å². The molecule has 0 aliphatic carbocycles. The number of hydrogen-bond donors (Lipinski definition) is 0. The van der Waals surface area contributed by atoms with Crippen LogP contribution in [0.5, 0.6) is 0 Å². The van der Waals surface area contributed by atoms with Gasteiger partial charge in [0.25, 0.3) is 0 Å². The van der Waals surface area contributed by atoms with Crippen LogP contribution in [0.4, 0.5) is 0 Å². The SMILES string of the molecule is Brc1c(CN2CCc3cnc(-c4ccccn4)nc3C2)sc2ccccc12. The molecule has 1 aliphatic heterocycles. The number of hydrogen-bond acceptors (Lipinski definition) is 5. The van der Waals surface area contributed by atoms with Gasteiger partial charge in [0.2, 0.25) is 0 Å². The first-order valence-corrected chi connectivity index (χ1v) is 10.5. The highest BCUT2D eigenvalue weighted by molar-refractivity contribution is 9.10. The van der Waals surface area contributed by atoms with Gasteiger partial charge in [0.1, 0.15) is 5.69 Å². The maximum Gasteiger partial charge on any atom is 0.178 e. The van der Waals surface area contributed by atoms with Gasteiger partial charge in [-0.25, -0.2) is 9.97 Å². The summed E-state index contributed by atoms with van der Waals surface area (Å²) in [5, 5.41) is 1.30. The van der Waals surface area contributed by atoms with Crippen LogP contribution >= 0.6 is 27.3 Å². The van der Waals surface area contributed by atoms with Crippen LogP contribution in [0.3, 0.4) is 0 Å². The standard InChI is InChI=1S/C21H17BrN4S/c22-20-15-5-1-2-7-18(15)27-19(20)13-26-10-8-14-11-24-21(25-17(14)12-26)16-6-3-4-9-23-16/h1-7,9,11H,8,10,12-13H2. The number of thiophene rings is 1. The molecule has 0 N–H and O–H groups in total. The molecule has 6 heteroatoms. The first-order valence-electron chi connectivity index (χ1n) is 8.92. The van der Waals surface area contributed by atoms with Crippen molar-refractivity contribution in [2.75, 3.05) is 6.54 Å². The highest BCUT2D eigenvalue weighted by atomic mass is 79.9. The van der Waals surface area contributed by atoms with E-state index in [1.165, 1.54) is 25.0 Å². The summed E-state index contributed by atoms with van der Waals surface area (Å²) >= 11 is 5.67. The van der Waals surface area contributed by atoms with Crippen LogP contribution in [-0.2, 0) is 19.5 Å². The van der Waals surface area contributed by atoms with E-state index in [4.69, 9.17) is 4.98 Å². The maximum atomic E-state index is 4.82. The molecular weight excluding hydrogens is 420 g/mol. The summed E-state index contributed by atoms with van der Waals surface area (Å²) in [5.41, 5.74) is 3.19. The zero-order chi connectivity index (χ0) is 18.2. The van der Waals surface area contributed by atoms with Gasteiger partial charge in [0.15, 0.2) is 5.82 Å². The molecule has 0 amide bonds. The van der Waals surface area contributed by atoms with Crippen molar-refractivity contribution in [2.45, 2.75) is 19.5 Å². The molecule has 0 atom stereocenters. The number of nitrogens with zero attached hydrogens (tertiary/aromatic N) is 4. The lowest BCUT2D eigenvalue weighted by atomic mass is 10.1. The van der Waals surface area contributed by atoms with E-state index in [2.05, 4.69) is 55.1 Å². The predicted molar refractivity (Wildman–Crippen MR) is 113 cm³/mol. The summed E-state index contributed by atoms with van der Waals surface area (Å²) in [5.74, 6) is 0.708. The molecule has 0 saturated heterocycles. The van der Waals surface area contributed by atoms with E-state index in [0.717, 1.165) is 37.4 Å². The van der Waals surface area contributed by atoms with Gasteiger partial charge < -0.3 is 0 Å². The van der Waals surface area contributed by atoms with Crippen LogP contribution < -0.4 is 0 Å². The van der Waals surface area contributed by atoms with Crippen molar-refractivity contribution < 1.29 is 0 Å². The van der Waals surface area contributed by atoms with E-state index >= 15 is 0 Å². The summed E-state index contributed by atoms with van der Waals surface area (Å²) < 4.78 is 2.56. The topological polar surface area (TPSA) is 41.9 Å². The molecule has 0 saturated carbocycles. The minimum absolute atomic E-state index is 0.708. The Kier molecular flexibility index (Phi) is 4.47. The summed E-state index contributed by atoms with van der Waals surface area (Å²) in [7, 11) is 0. The molecule has 4 nitrogen and oxygen atoms in total. The van der Waals surface area contributed by atoms with Crippen molar-refractivity contribution >= 4 is 37.4 Å². The van der Waals surface area contributed by atoms with Gasteiger partial charge in [-0.15, -0.1) is 11.3 Å². The molecule has 0 radical (unpaired) electrons. The van der Waals surface area contributed by atoms with E-state index in [9.17, 15) is 0 Å². The molecule has 27 heavy (non-hydrogen) atoms. The smallest absolute Gasteiger partial charge is 0.178 e. The van der Waals surface area contributed by atoms with Crippen LogP contribution in [0.25, 0.3) is 21.6 Å². The van der Waals surface area contributed by atoms with Gasteiger partial charge in [-0.1, -0.05) is 24.3 Å². The molecular formula is C21H17BrN4S. The van der Waals surface area contributed by atoms with E-state index in [-0.39, 0.29) is 0 Å². The minimum Gasteiger partial charge on any atom is -0.292 e. The van der Waals surface area contributed by atoms with Crippen LogP contribution in [0, 0.1) is 0 Å². The van der Waals surface area contributed by atoms with Crippen molar-refractivity contribution in [2.24, 2.45) is 0 Å². The monoisotopic (exact) mass is 436 g/mol. The van der Waals surface area contributed by atoms with Gasteiger partial charge in [-0.3, -0.25) is 9.88 Å². The molecule has 1 aliphatic rings. The second-order valence-electron chi connectivity index (χ2n) is 6.68. The maximum absolute atomic E-state index is 4.82. The van der Waals surface area contributed by atoms with E-state index < -0.39 is 0 Å². The number of aromatic nitrogens is 3. The summed E-state index contributed by atoms with van der Waals surface area (Å²) in [6.45, 7) is 2.81. The average Bonchev–Trinajstić information content (AvgIpc) is 3.04. The molecule has 3 aromatic heterocycles. The highest BCUT2D eigenvalue weighted by Gasteiger charge is 2.21. The number of pyridine rings is 1. The molecule has 0 bridgehead atoms. The van der Waals surface area contributed by atoms with Crippen LogP contribution in [0.1, 0.15) is 16.1 Å². The molecule has 0 unspecified atom stereocenters. The van der Waals surface area contributed by atoms with Crippen molar-refractivity contribution in [1.82, 2.24) is 19.9 Å². The molecule has 5 rings (SSSR count). The third-order valence-corrected chi connectivity index (χ3v) is 7.21. The van der Waals surface area contributed by atoms with Crippen LogP contribution in [0.15, 0.2) is 59.3 Å². The Bertz CT molecular complexity index is 1110. The summed E-state index contributed by atoms with van der Waals surface area (Å²) in [4.78, 5) is 17.6. The highest BCUT2D eigenvalue weighted by Crippen LogP contribution is 2.36. The third kappa shape index (κ3) is 3.29. The van der Waals surface area contributed by atoms with E-state index in [1.807, 2.05) is 35.7 Å². The largest absolute Gasteiger partial charge is 0.292 e. The molecule has 4 aromatic rings. The second kappa shape index (κ2) is 7.11. The Labute approximate surface area is 170 Å². The number of halogens is 1. The predicted octanol–water partition coefficient (Wildman–Crippen LogP) is 5.07. The minimum atomic E-state index is 0.708. The van der Waals surface area contributed by atoms with E-state index in [1.54, 1.807) is 6.20 Å². The zero-order valence-electron chi connectivity index (χ0n) is 14.6. The second-order valence-corrected chi connectivity index (χ2v) is 8.61. The Morgan fingerprint density at radius 2 is 1.96 bits per heavy atom. The Balaban J connectivity index is 1.41. The Morgan fingerprint density at radius 1 is 1.07 bits per heavy atom. The fourth-order valence-corrected chi connectivity index (χ4v) is 5.46. The third-order valence-electron chi connectivity index (χ3n) is 4.89. The van der Waals surface area contributed by atoms with Crippen molar-refractivity contribution in [3.05, 3.63) is 75.5 Å². The average molecular weight is 437 g/mol.